The van der Waals surface area contributed by atoms with Gasteiger partial charge in [0.1, 0.15) is 4.21 Å². The molecule has 1 saturated heterocycles. The maximum Gasteiger partial charge on any atom is 0.336 e. The first-order chi connectivity index (χ1) is 9.49. The van der Waals surface area contributed by atoms with Crippen LogP contribution in [0.4, 0.5) is 0 Å². The van der Waals surface area contributed by atoms with Crippen LogP contribution in [0.5, 0.6) is 0 Å². The fourth-order valence-electron chi connectivity index (χ4n) is 1.91. The number of sulfonamides is 1. The van der Waals surface area contributed by atoms with Gasteiger partial charge >= 0.3 is 5.97 Å². The molecule has 1 aromatic heterocycles. The molecule has 0 saturated carbocycles. The third-order valence-electron chi connectivity index (χ3n) is 3.02. The Balaban J connectivity index is 1.88. The molecule has 0 bridgehead atoms. The molecule has 0 atom stereocenters. The second kappa shape index (κ2) is 6.64. The van der Waals surface area contributed by atoms with E-state index in [4.69, 9.17) is 5.11 Å². The van der Waals surface area contributed by atoms with E-state index in [1.807, 2.05) is 0 Å². The van der Waals surface area contributed by atoms with Crippen LogP contribution in [-0.4, -0.2) is 63.7 Å². The van der Waals surface area contributed by atoms with E-state index >= 15 is 0 Å². The Morgan fingerprint density at radius 1 is 1.45 bits per heavy atom. The van der Waals surface area contributed by atoms with E-state index in [2.05, 4.69) is 14.9 Å². The number of carboxylic acid groups (broad SMARTS) is 1. The van der Waals surface area contributed by atoms with Crippen LogP contribution in [-0.2, 0) is 10.0 Å². The third kappa shape index (κ3) is 4.00. The van der Waals surface area contributed by atoms with Crippen LogP contribution in [0.1, 0.15) is 10.4 Å². The number of aromatic carboxylic acids is 1. The Kier molecular flexibility index (Phi) is 5.11. The predicted molar refractivity (Wildman–Crippen MR) is 75.8 cm³/mol. The molecular formula is C11H17N3O4S2. The number of thiophene rings is 1. The lowest BCUT2D eigenvalue weighted by atomic mass is 10.3. The van der Waals surface area contributed by atoms with E-state index in [1.165, 1.54) is 11.4 Å². The summed E-state index contributed by atoms with van der Waals surface area (Å²) in [7, 11) is -3.61. The van der Waals surface area contributed by atoms with Crippen molar-refractivity contribution in [2.45, 2.75) is 4.21 Å². The minimum absolute atomic E-state index is 0.00233. The fourth-order valence-corrected chi connectivity index (χ4v) is 4.13. The Morgan fingerprint density at radius 2 is 2.15 bits per heavy atom. The number of carbonyl (C=O) groups is 1. The van der Waals surface area contributed by atoms with Gasteiger partial charge in [0.25, 0.3) is 0 Å². The van der Waals surface area contributed by atoms with Crippen molar-refractivity contribution in [2.24, 2.45) is 0 Å². The van der Waals surface area contributed by atoms with Crippen LogP contribution in [0, 0.1) is 0 Å². The molecule has 0 amide bonds. The second-order valence-corrected chi connectivity index (χ2v) is 7.35. The lowest BCUT2D eigenvalue weighted by molar-refractivity contribution is 0.0697. The molecule has 0 spiro atoms. The molecule has 3 N–H and O–H groups in total. The highest BCUT2D eigenvalue weighted by atomic mass is 32.2. The van der Waals surface area contributed by atoms with Crippen LogP contribution in [0.15, 0.2) is 15.7 Å². The molecular weight excluding hydrogens is 302 g/mol. The van der Waals surface area contributed by atoms with Crippen molar-refractivity contribution in [1.82, 2.24) is 14.9 Å². The minimum Gasteiger partial charge on any atom is -0.478 e. The fraction of sp³-hybridized carbons (Fsp3) is 0.545. The van der Waals surface area contributed by atoms with Crippen LogP contribution >= 0.6 is 11.3 Å². The molecule has 2 rings (SSSR count). The molecule has 1 aliphatic rings. The van der Waals surface area contributed by atoms with Crippen molar-refractivity contribution in [3.8, 4) is 0 Å². The summed E-state index contributed by atoms with van der Waals surface area (Å²) in [6.45, 7) is 4.62. The van der Waals surface area contributed by atoms with E-state index in [1.54, 1.807) is 0 Å². The maximum atomic E-state index is 12.0. The molecule has 0 aliphatic carbocycles. The van der Waals surface area contributed by atoms with Crippen molar-refractivity contribution in [2.75, 3.05) is 39.3 Å². The van der Waals surface area contributed by atoms with E-state index in [-0.39, 0.29) is 9.77 Å². The zero-order chi connectivity index (χ0) is 14.6. The van der Waals surface area contributed by atoms with Crippen LogP contribution in [0.2, 0.25) is 0 Å². The first-order valence-electron chi connectivity index (χ1n) is 6.23. The molecule has 1 aromatic rings. The zero-order valence-electron chi connectivity index (χ0n) is 10.8. The zero-order valence-corrected chi connectivity index (χ0v) is 12.5. The molecule has 20 heavy (non-hydrogen) atoms. The Morgan fingerprint density at radius 3 is 2.75 bits per heavy atom. The van der Waals surface area contributed by atoms with Crippen LogP contribution < -0.4 is 10.0 Å². The largest absolute Gasteiger partial charge is 0.478 e. The van der Waals surface area contributed by atoms with Gasteiger partial charge < -0.3 is 10.4 Å². The molecule has 112 valence electrons. The van der Waals surface area contributed by atoms with Crippen molar-refractivity contribution < 1.29 is 18.3 Å². The Labute approximate surface area is 121 Å². The van der Waals surface area contributed by atoms with Gasteiger partial charge in [-0.25, -0.2) is 17.9 Å². The monoisotopic (exact) mass is 319 g/mol. The molecule has 9 heteroatoms. The van der Waals surface area contributed by atoms with Crippen molar-refractivity contribution >= 4 is 27.3 Å². The first-order valence-corrected chi connectivity index (χ1v) is 8.60. The smallest absolute Gasteiger partial charge is 0.336 e. The summed E-state index contributed by atoms with van der Waals surface area (Å²) in [4.78, 5) is 12.9. The van der Waals surface area contributed by atoms with Crippen LogP contribution in [0.3, 0.4) is 0 Å². The molecule has 0 unspecified atom stereocenters. The number of nitrogens with one attached hydrogen (secondary N) is 2. The normalized spacial score (nSPS) is 17.2. The van der Waals surface area contributed by atoms with Gasteiger partial charge in [0.15, 0.2) is 0 Å². The van der Waals surface area contributed by atoms with E-state index in [0.29, 0.717) is 13.1 Å². The molecule has 2 heterocycles. The predicted octanol–water partition coefficient (Wildman–Crippen LogP) is -0.370. The minimum atomic E-state index is -3.61. The molecule has 1 aliphatic heterocycles. The standard InChI is InChI=1S/C11H17N3O4S2/c15-11(16)9-7-10(19-8-9)20(17,18)13-3-6-14-4-1-12-2-5-14/h7-8,12-13H,1-6H2,(H,15,16). The SMILES string of the molecule is O=C(O)c1csc(S(=O)(=O)NCCN2CCNCC2)c1. The topological polar surface area (TPSA) is 98.7 Å². The lowest BCUT2D eigenvalue weighted by Gasteiger charge is -2.26. The summed E-state index contributed by atoms with van der Waals surface area (Å²) in [6.07, 6.45) is 0. The van der Waals surface area contributed by atoms with Gasteiger partial charge in [-0.2, -0.15) is 0 Å². The van der Waals surface area contributed by atoms with Gasteiger partial charge in [-0.3, -0.25) is 4.90 Å². The number of rotatable bonds is 6. The summed E-state index contributed by atoms with van der Waals surface area (Å²) < 4.78 is 26.5. The molecule has 7 nitrogen and oxygen atoms in total. The van der Waals surface area contributed by atoms with Gasteiger partial charge in [-0.15, -0.1) is 11.3 Å². The number of carboxylic acids is 1. The number of hydrogen-bond donors (Lipinski definition) is 3. The first kappa shape index (κ1) is 15.4. The summed E-state index contributed by atoms with van der Waals surface area (Å²) in [6, 6.07) is 1.18. The third-order valence-corrected chi connectivity index (χ3v) is 5.92. The second-order valence-electron chi connectivity index (χ2n) is 4.45. The lowest BCUT2D eigenvalue weighted by Crippen LogP contribution is -2.46. The number of piperazine rings is 1. The highest BCUT2D eigenvalue weighted by molar-refractivity contribution is 7.91. The number of nitrogens with zero attached hydrogens (tertiary/aromatic N) is 1. The summed E-state index contributed by atoms with van der Waals surface area (Å²) in [5, 5.41) is 13.3. The molecule has 0 radical (unpaired) electrons. The van der Waals surface area contributed by atoms with E-state index in [0.717, 1.165) is 37.5 Å². The summed E-state index contributed by atoms with van der Waals surface area (Å²) in [5.41, 5.74) is -0.00233. The van der Waals surface area contributed by atoms with Gasteiger partial charge in [-0.05, 0) is 6.07 Å². The van der Waals surface area contributed by atoms with Gasteiger partial charge in [0.2, 0.25) is 10.0 Å². The molecule has 1 fully saturated rings. The van der Waals surface area contributed by atoms with Crippen molar-refractivity contribution in [3.05, 3.63) is 17.0 Å². The summed E-state index contributed by atoms with van der Waals surface area (Å²) in [5.74, 6) is -1.12. The average molecular weight is 319 g/mol. The Hall–Kier alpha value is -1.00. The highest BCUT2D eigenvalue weighted by Gasteiger charge is 2.19. The van der Waals surface area contributed by atoms with Crippen molar-refractivity contribution in [1.29, 1.82) is 0 Å². The van der Waals surface area contributed by atoms with Gasteiger partial charge in [0.05, 0.1) is 5.56 Å². The average Bonchev–Trinajstić information content (AvgIpc) is 2.90. The summed E-state index contributed by atoms with van der Waals surface area (Å²) >= 11 is 0.916. The highest BCUT2D eigenvalue weighted by Crippen LogP contribution is 2.19. The van der Waals surface area contributed by atoms with Gasteiger partial charge in [0, 0.05) is 44.6 Å². The van der Waals surface area contributed by atoms with Crippen molar-refractivity contribution in [3.63, 3.8) is 0 Å². The van der Waals surface area contributed by atoms with Gasteiger partial charge in [-0.1, -0.05) is 0 Å². The van der Waals surface area contributed by atoms with E-state index < -0.39 is 16.0 Å². The number of hydrogen-bond acceptors (Lipinski definition) is 6. The maximum absolute atomic E-state index is 12.0. The molecule has 0 aromatic carbocycles. The van der Waals surface area contributed by atoms with Crippen LogP contribution in [0.25, 0.3) is 0 Å². The Bertz CT molecular complexity index is 564. The van der Waals surface area contributed by atoms with E-state index in [9.17, 15) is 13.2 Å². The quantitative estimate of drug-likeness (QED) is 0.662.